The maximum absolute atomic E-state index is 13.3. The Kier molecular flexibility index (Phi) is 6.45. The van der Waals surface area contributed by atoms with Crippen LogP contribution >= 0.6 is 23.2 Å². The fourth-order valence-electron chi connectivity index (χ4n) is 3.63. The molecular formula is C21H24Cl2N4O3. The minimum atomic E-state index is -0.968. The number of carbonyl (C=O) groups is 2. The summed E-state index contributed by atoms with van der Waals surface area (Å²) in [6.45, 7) is 6.09. The van der Waals surface area contributed by atoms with Gasteiger partial charge >= 0.3 is 12.1 Å². The number of rotatable bonds is 5. The predicted molar refractivity (Wildman–Crippen MR) is 118 cm³/mol. The van der Waals surface area contributed by atoms with Gasteiger partial charge < -0.3 is 10.2 Å². The highest BCUT2D eigenvalue weighted by molar-refractivity contribution is 6.31. The quantitative estimate of drug-likeness (QED) is 0.454. The largest absolute Gasteiger partial charge is 0.347 e. The van der Waals surface area contributed by atoms with Crippen LogP contribution < -0.4 is 10.2 Å². The lowest BCUT2D eigenvalue weighted by Gasteiger charge is -2.38. The summed E-state index contributed by atoms with van der Waals surface area (Å²) in [5, 5.41) is 15.2. The number of halogens is 2. The van der Waals surface area contributed by atoms with Crippen molar-refractivity contribution in [1.29, 1.82) is 0 Å². The Morgan fingerprint density at radius 2 is 1.63 bits per heavy atom. The van der Waals surface area contributed by atoms with E-state index in [0.717, 1.165) is 6.42 Å². The van der Waals surface area contributed by atoms with Crippen molar-refractivity contribution in [2.45, 2.75) is 38.9 Å². The first kappa shape index (κ1) is 22.2. The molecule has 0 aromatic heterocycles. The SMILES string of the molecule is CCCN1C(=O)N(c2ccc(Cl)cc2)C(N(O)C(=O)Nc2ccc(Cl)cc2)C1(C)C. The molecule has 30 heavy (non-hydrogen) atoms. The Labute approximate surface area is 185 Å². The number of hydroxylamine groups is 2. The van der Waals surface area contributed by atoms with Gasteiger partial charge in [0.15, 0.2) is 6.17 Å². The molecule has 1 atom stereocenters. The van der Waals surface area contributed by atoms with Crippen LogP contribution in [0.2, 0.25) is 10.0 Å². The van der Waals surface area contributed by atoms with E-state index in [0.29, 0.717) is 33.0 Å². The summed E-state index contributed by atoms with van der Waals surface area (Å²) in [6, 6.07) is 12.1. The fourth-order valence-corrected chi connectivity index (χ4v) is 3.88. The minimum Gasteiger partial charge on any atom is -0.315 e. The van der Waals surface area contributed by atoms with Gasteiger partial charge in [0, 0.05) is 28.0 Å². The van der Waals surface area contributed by atoms with Crippen LogP contribution in [0.3, 0.4) is 0 Å². The van der Waals surface area contributed by atoms with Gasteiger partial charge in [-0.05, 0) is 68.8 Å². The van der Waals surface area contributed by atoms with Crippen LogP contribution in [-0.4, -0.2) is 45.5 Å². The maximum Gasteiger partial charge on any atom is 0.347 e. The lowest BCUT2D eigenvalue weighted by atomic mass is 9.99. The average Bonchev–Trinajstić information content (AvgIpc) is 2.90. The lowest BCUT2D eigenvalue weighted by Crippen LogP contribution is -2.58. The monoisotopic (exact) mass is 450 g/mol. The molecule has 0 spiro atoms. The van der Waals surface area contributed by atoms with Gasteiger partial charge in [0.05, 0.1) is 5.54 Å². The van der Waals surface area contributed by atoms with Crippen molar-refractivity contribution in [3.63, 3.8) is 0 Å². The van der Waals surface area contributed by atoms with Crippen molar-refractivity contribution in [2.24, 2.45) is 0 Å². The van der Waals surface area contributed by atoms with Gasteiger partial charge in [-0.25, -0.2) is 9.59 Å². The van der Waals surface area contributed by atoms with Crippen molar-refractivity contribution < 1.29 is 14.8 Å². The zero-order valence-corrected chi connectivity index (χ0v) is 18.5. The third-order valence-electron chi connectivity index (χ3n) is 5.10. The van der Waals surface area contributed by atoms with E-state index in [9.17, 15) is 14.8 Å². The Hall–Kier alpha value is -2.48. The van der Waals surface area contributed by atoms with E-state index in [1.165, 1.54) is 4.90 Å². The van der Waals surface area contributed by atoms with Crippen molar-refractivity contribution in [1.82, 2.24) is 9.96 Å². The molecule has 1 unspecified atom stereocenters. The second kappa shape index (κ2) is 8.71. The minimum absolute atomic E-state index is 0.299. The van der Waals surface area contributed by atoms with Crippen LogP contribution in [0.1, 0.15) is 27.2 Å². The zero-order chi connectivity index (χ0) is 22.1. The van der Waals surface area contributed by atoms with Gasteiger partial charge in [0.2, 0.25) is 0 Å². The molecular weight excluding hydrogens is 427 g/mol. The maximum atomic E-state index is 13.3. The average molecular weight is 451 g/mol. The van der Waals surface area contributed by atoms with Crippen LogP contribution in [0.15, 0.2) is 48.5 Å². The van der Waals surface area contributed by atoms with Gasteiger partial charge in [-0.3, -0.25) is 10.1 Å². The molecule has 2 aromatic rings. The van der Waals surface area contributed by atoms with Crippen LogP contribution in [0.5, 0.6) is 0 Å². The summed E-state index contributed by atoms with van der Waals surface area (Å²) >= 11 is 11.9. The zero-order valence-electron chi connectivity index (χ0n) is 17.0. The Balaban J connectivity index is 1.95. The molecule has 4 amide bonds. The molecule has 9 heteroatoms. The van der Waals surface area contributed by atoms with Crippen LogP contribution in [0, 0.1) is 0 Å². The number of urea groups is 2. The van der Waals surface area contributed by atoms with Crippen molar-refractivity contribution in [3.05, 3.63) is 58.6 Å². The predicted octanol–water partition coefficient (Wildman–Crippen LogP) is 5.67. The smallest absolute Gasteiger partial charge is 0.315 e. The van der Waals surface area contributed by atoms with E-state index >= 15 is 0 Å². The molecule has 3 rings (SSSR count). The van der Waals surface area contributed by atoms with Gasteiger partial charge in [0.1, 0.15) is 0 Å². The Morgan fingerprint density at radius 1 is 1.10 bits per heavy atom. The third kappa shape index (κ3) is 4.19. The van der Waals surface area contributed by atoms with Crippen molar-refractivity contribution in [3.8, 4) is 0 Å². The highest BCUT2D eigenvalue weighted by Crippen LogP contribution is 2.38. The van der Waals surface area contributed by atoms with E-state index < -0.39 is 17.7 Å². The summed E-state index contributed by atoms with van der Waals surface area (Å²) in [6.07, 6.45) is -0.233. The van der Waals surface area contributed by atoms with Crippen LogP contribution in [0.25, 0.3) is 0 Å². The van der Waals surface area contributed by atoms with Crippen LogP contribution in [-0.2, 0) is 0 Å². The second-order valence-corrected chi connectivity index (χ2v) is 8.46. The normalized spacial score (nSPS) is 17.9. The Morgan fingerprint density at radius 3 is 2.17 bits per heavy atom. The molecule has 0 bridgehead atoms. The molecule has 0 saturated carbocycles. The molecule has 2 N–H and O–H groups in total. The number of hydrogen-bond acceptors (Lipinski definition) is 3. The van der Waals surface area contributed by atoms with Crippen molar-refractivity contribution in [2.75, 3.05) is 16.8 Å². The number of anilines is 2. The summed E-state index contributed by atoms with van der Waals surface area (Å²) < 4.78 is 0. The number of nitrogens with one attached hydrogen (secondary N) is 1. The van der Waals surface area contributed by atoms with E-state index in [4.69, 9.17) is 23.2 Å². The third-order valence-corrected chi connectivity index (χ3v) is 5.60. The van der Waals surface area contributed by atoms with Gasteiger partial charge in [-0.15, -0.1) is 0 Å². The lowest BCUT2D eigenvalue weighted by molar-refractivity contribution is -0.0948. The highest BCUT2D eigenvalue weighted by atomic mass is 35.5. The molecule has 160 valence electrons. The van der Waals surface area contributed by atoms with E-state index in [-0.39, 0.29) is 6.03 Å². The van der Waals surface area contributed by atoms with Crippen molar-refractivity contribution >= 4 is 46.6 Å². The first-order valence-electron chi connectivity index (χ1n) is 9.58. The summed E-state index contributed by atoms with van der Waals surface area (Å²) in [5.41, 5.74) is 0.132. The number of hydrogen-bond donors (Lipinski definition) is 2. The van der Waals surface area contributed by atoms with E-state index in [2.05, 4.69) is 5.32 Å². The molecule has 1 aliphatic rings. The molecule has 0 aliphatic carbocycles. The molecule has 2 aromatic carbocycles. The summed E-state index contributed by atoms with van der Waals surface area (Å²) in [7, 11) is 0. The van der Waals surface area contributed by atoms with Gasteiger partial charge in [0.25, 0.3) is 0 Å². The van der Waals surface area contributed by atoms with E-state index in [1.807, 2.05) is 20.8 Å². The molecule has 1 fully saturated rings. The topological polar surface area (TPSA) is 76.1 Å². The molecule has 0 radical (unpaired) electrons. The summed E-state index contributed by atoms with van der Waals surface area (Å²) in [5.74, 6) is 0. The first-order valence-corrected chi connectivity index (χ1v) is 10.3. The van der Waals surface area contributed by atoms with E-state index in [1.54, 1.807) is 53.4 Å². The summed E-state index contributed by atoms with van der Waals surface area (Å²) in [4.78, 5) is 29.2. The fraction of sp³-hybridized carbons (Fsp3) is 0.333. The molecule has 1 saturated heterocycles. The number of benzene rings is 2. The van der Waals surface area contributed by atoms with Crippen LogP contribution in [0.4, 0.5) is 21.0 Å². The molecule has 7 nitrogen and oxygen atoms in total. The Bertz CT molecular complexity index is 919. The number of nitrogens with zero attached hydrogens (tertiary/aromatic N) is 3. The number of carbonyl (C=O) groups excluding carboxylic acids is 2. The first-order chi connectivity index (χ1) is 14.2. The standard InChI is InChI=1S/C21H24Cl2N4O3/c1-4-13-25-20(29)26(17-11-7-15(23)8-12-17)18(21(25,2)3)27(30)19(28)24-16-9-5-14(22)6-10-16/h5-12,18,30H,4,13H2,1-3H3,(H,24,28). The number of amides is 4. The molecule has 1 aliphatic heterocycles. The molecule has 1 heterocycles. The van der Waals surface area contributed by atoms with Gasteiger partial charge in [-0.1, -0.05) is 30.1 Å². The second-order valence-electron chi connectivity index (χ2n) is 7.59. The highest BCUT2D eigenvalue weighted by Gasteiger charge is 2.55. The van der Waals surface area contributed by atoms with Gasteiger partial charge in [-0.2, -0.15) is 5.06 Å².